The summed E-state index contributed by atoms with van der Waals surface area (Å²) < 4.78 is 5.55. The largest absolute Gasteiger partial charge is 0.467 e. The van der Waals surface area contributed by atoms with Gasteiger partial charge in [-0.2, -0.15) is 0 Å². The molecule has 1 aromatic heterocycles. The van der Waals surface area contributed by atoms with Gasteiger partial charge in [-0.1, -0.05) is 0 Å². The number of carbonyl (C=O) groups is 1. The van der Waals surface area contributed by atoms with E-state index in [0.717, 1.165) is 43.0 Å². The first-order valence-electron chi connectivity index (χ1n) is 7.80. The summed E-state index contributed by atoms with van der Waals surface area (Å²) in [6.45, 7) is 1.78. The van der Waals surface area contributed by atoms with E-state index < -0.39 is 0 Å². The van der Waals surface area contributed by atoms with Crippen LogP contribution in [0, 0.1) is 17.8 Å². The van der Waals surface area contributed by atoms with Gasteiger partial charge in [0.05, 0.1) is 6.26 Å². The van der Waals surface area contributed by atoms with Crippen LogP contribution in [-0.2, 0) is 11.2 Å². The second kappa shape index (κ2) is 4.62. The highest BCUT2D eigenvalue weighted by atomic mass is 16.3. The van der Waals surface area contributed by atoms with Crippen molar-refractivity contribution in [1.29, 1.82) is 0 Å². The predicted octanol–water partition coefficient (Wildman–Crippen LogP) is 1.97. The number of carbonyl (C=O) groups excluding carboxylic acids is 1. The second-order valence-electron chi connectivity index (χ2n) is 6.56. The van der Waals surface area contributed by atoms with E-state index in [1.807, 2.05) is 13.1 Å². The standard InChI is InChI=1S/C16H22N2O2/c1-17-14-15-10(5-7-20-15)4-6-18(16(14)19)9-12-3-2-11-8-13(11)12/h5,7,11-14,17H,2-4,6,8-9H2,1H3. The molecule has 1 N–H and O–H groups in total. The van der Waals surface area contributed by atoms with Crippen LogP contribution in [0.3, 0.4) is 0 Å². The summed E-state index contributed by atoms with van der Waals surface area (Å²) in [5.41, 5.74) is 1.18. The molecule has 0 spiro atoms. The van der Waals surface area contributed by atoms with E-state index in [9.17, 15) is 4.79 Å². The molecule has 0 bridgehead atoms. The van der Waals surface area contributed by atoms with E-state index in [2.05, 4.69) is 10.2 Å². The molecule has 4 rings (SSSR count). The Bertz CT molecular complexity index is 524. The third-order valence-corrected chi connectivity index (χ3v) is 5.49. The molecule has 1 aliphatic heterocycles. The van der Waals surface area contributed by atoms with Crippen LogP contribution in [0.2, 0.25) is 0 Å². The summed E-state index contributed by atoms with van der Waals surface area (Å²) in [7, 11) is 1.84. The maximum absolute atomic E-state index is 12.7. The van der Waals surface area contributed by atoms with E-state index in [4.69, 9.17) is 4.42 Å². The van der Waals surface area contributed by atoms with Crippen LogP contribution in [0.15, 0.2) is 16.7 Å². The average Bonchev–Trinajstić information content (AvgIpc) is 2.95. The van der Waals surface area contributed by atoms with Crippen LogP contribution < -0.4 is 5.32 Å². The zero-order valence-corrected chi connectivity index (χ0v) is 12.0. The molecule has 20 heavy (non-hydrogen) atoms. The van der Waals surface area contributed by atoms with Crippen molar-refractivity contribution in [2.75, 3.05) is 20.1 Å². The molecule has 4 nitrogen and oxygen atoms in total. The topological polar surface area (TPSA) is 45.5 Å². The van der Waals surface area contributed by atoms with Gasteiger partial charge in [-0.3, -0.25) is 4.79 Å². The Hall–Kier alpha value is -1.29. The van der Waals surface area contributed by atoms with Crippen molar-refractivity contribution in [2.24, 2.45) is 17.8 Å². The molecular formula is C16H22N2O2. The first kappa shape index (κ1) is 12.5. The van der Waals surface area contributed by atoms with Crippen molar-refractivity contribution in [2.45, 2.75) is 31.7 Å². The lowest BCUT2D eigenvalue weighted by molar-refractivity contribution is -0.134. The van der Waals surface area contributed by atoms with Crippen molar-refractivity contribution in [3.63, 3.8) is 0 Å². The molecule has 2 heterocycles. The summed E-state index contributed by atoms with van der Waals surface area (Å²) in [5, 5.41) is 3.13. The van der Waals surface area contributed by atoms with Crippen molar-refractivity contribution < 1.29 is 9.21 Å². The maximum atomic E-state index is 12.7. The summed E-state index contributed by atoms with van der Waals surface area (Å²) >= 11 is 0. The minimum atomic E-state index is -0.307. The Balaban J connectivity index is 1.53. The number of furan rings is 1. The first-order valence-corrected chi connectivity index (χ1v) is 7.80. The number of amides is 1. The van der Waals surface area contributed by atoms with Crippen LogP contribution in [-0.4, -0.2) is 30.9 Å². The quantitative estimate of drug-likeness (QED) is 0.916. The van der Waals surface area contributed by atoms with Crippen molar-refractivity contribution in [3.05, 3.63) is 23.7 Å². The van der Waals surface area contributed by atoms with Gasteiger partial charge < -0.3 is 14.6 Å². The molecule has 0 aromatic carbocycles. The molecule has 2 saturated carbocycles. The summed E-state index contributed by atoms with van der Waals surface area (Å²) in [6, 6.07) is 1.70. The molecule has 2 aliphatic carbocycles. The lowest BCUT2D eigenvalue weighted by Crippen LogP contribution is -2.41. The fourth-order valence-electron chi connectivity index (χ4n) is 4.24. The number of fused-ring (bicyclic) bond motifs is 2. The van der Waals surface area contributed by atoms with Gasteiger partial charge in [0, 0.05) is 13.1 Å². The third kappa shape index (κ3) is 1.89. The number of nitrogens with one attached hydrogen (secondary N) is 1. The van der Waals surface area contributed by atoms with Gasteiger partial charge in [0.15, 0.2) is 0 Å². The van der Waals surface area contributed by atoms with Gasteiger partial charge in [-0.15, -0.1) is 0 Å². The Morgan fingerprint density at radius 2 is 2.35 bits per heavy atom. The number of hydrogen-bond acceptors (Lipinski definition) is 3. The predicted molar refractivity (Wildman–Crippen MR) is 75.1 cm³/mol. The molecular weight excluding hydrogens is 252 g/mol. The Morgan fingerprint density at radius 3 is 3.05 bits per heavy atom. The number of rotatable bonds is 3. The molecule has 2 fully saturated rings. The van der Waals surface area contributed by atoms with Crippen molar-refractivity contribution in [3.8, 4) is 0 Å². The van der Waals surface area contributed by atoms with Gasteiger partial charge in [-0.05, 0) is 62.1 Å². The maximum Gasteiger partial charge on any atom is 0.247 e. The highest BCUT2D eigenvalue weighted by Gasteiger charge is 2.48. The SMILES string of the molecule is CNC1C(=O)N(CC2CCC3CC32)CCc2ccoc21. The molecule has 1 amide bonds. The Labute approximate surface area is 119 Å². The minimum absolute atomic E-state index is 0.185. The monoisotopic (exact) mass is 274 g/mol. The molecule has 0 radical (unpaired) electrons. The van der Waals surface area contributed by atoms with E-state index in [0.29, 0.717) is 0 Å². The molecule has 1 aromatic rings. The van der Waals surface area contributed by atoms with E-state index in [1.54, 1.807) is 6.26 Å². The number of likely N-dealkylation sites (N-methyl/N-ethyl adjacent to an activating group) is 1. The lowest BCUT2D eigenvalue weighted by atomic mass is 10.0. The molecule has 3 aliphatic rings. The molecule has 4 heteroatoms. The number of hydrogen-bond donors (Lipinski definition) is 1. The van der Waals surface area contributed by atoms with Crippen LogP contribution >= 0.6 is 0 Å². The summed E-state index contributed by atoms with van der Waals surface area (Å²) in [6.07, 6.45) is 6.71. The lowest BCUT2D eigenvalue weighted by Gasteiger charge is -2.27. The van der Waals surface area contributed by atoms with E-state index >= 15 is 0 Å². The fourth-order valence-corrected chi connectivity index (χ4v) is 4.24. The van der Waals surface area contributed by atoms with Gasteiger partial charge in [0.2, 0.25) is 5.91 Å². The summed E-state index contributed by atoms with van der Waals surface area (Å²) in [5.74, 6) is 3.64. The normalized spacial score (nSPS) is 35.6. The van der Waals surface area contributed by atoms with Gasteiger partial charge in [0.1, 0.15) is 11.8 Å². The zero-order valence-electron chi connectivity index (χ0n) is 12.0. The van der Waals surface area contributed by atoms with Crippen LogP contribution in [0.4, 0.5) is 0 Å². The van der Waals surface area contributed by atoms with Crippen LogP contribution in [0.25, 0.3) is 0 Å². The van der Waals surface area contributed by atoms with E-state index in [-0.39, 0.29) is 11.9 Å². The van der Waals surface area contributed by atoms with Crippen molar-refractivity contribution in [1.82, 2.24) is 10.2 Å². The minimum Gasteiger partial charge on any atom is -0.467 e. The molecule has 0 saturated heterocycles. The zero-order chi connectivity index (χ0) is 13.7. The highest BCUT2D eigenvalue weighted by Crippen LogP contribution is 2.55. The summed E-state index contributed by atoms with van der Waals surface area (Å²) in [4.78, 5) is 14.8. The van der Waals surface area contributed by atoms with Crippen molar-refractivity contribution >= 4 is 5.91 Å². The van der Waals surface area contributed by atoms with E-state index in [1.165, 1.54) is 24.8 Å². The molecule has 4 atom stereocenters. The van der Waals surface area contributed by atoms with Gasteiger partial charge >= 0.3 is 0 Å². The van der Waals surface area contributed by atoms with Gasteiger partial charge in [0.25, 0.3) is 0 Å². The third-order valence-electron chi connectivity index (χ3n) is 5.49. The Kier molecular flexibility index (Phi) is 2.88. The smallest absolute Gasteiger partial charge is 0.247 e. The second-order valence-corrected chi connectivity index (χ2v) is 6.56. The number of nitrogens with zero attached hydrogens (tertiary/aromatic N) is 1. The molecule has 4 unspecified atom stereocenters. The van der Waals surface area contributed by atoms with Crippen LogP contribution in [0.1, 0.15) is 36.6 Å². The fraction of sp³-hybridized carbons (Fsp3) is 0.688. The van der Waals surface area contributed by atoms with Crippen LogP contribution in [0.5, 0.6) is 0 Å². The molecule has 108 valence electrons. The first-order chi connectivity index (χ1) is 9.78. The highest BCUT2D eigenvalue weighted by molar-refractivity contribution is 5.83. The van der Waals surface area contributed by atoms with Gasteiger partial charge in [-0.25, -0.2) is 0 Å². The Morgan fingerprint density at radius 1 is 1.45 bits per heavy atom. The average molecular weight is 274 g/mol.